The van der Waals surface area contributed by atoms with Crippen LogP contribution < -0.4 is 0 Å². The van der Waals surface area contributed by atoms with Gasteiger partial charge in [-0.25, -0.2) is 0 Å². The highest BCUT2D eigenvalue weighted by Gasteiger charge is 2.26. The number of carbonyl (C=O) groups excluding carboxylic acids is 1. The molecule has 0 radical (unpaired) electrons. The van der Waals surface area contributed by atoms with Crippen molar-refractivity contribution in [2.45, 2.75) is 33.1 Å². The summed E-state index contributed by atoms with van der Waals surface area (Å²) < 4.78 is 22.8. The van der Waals surface area contributed by atoms with Crippen LogP contribution in [0, 0.1) is 0 Å². The molecule has 0 aliphatic heterocycles. The minimum absolute atomic E-state index is 0.111. The van der Waals surface area contributed by atoms with Crippen LogP contribution in [-0.4, -0.2) is 31.5 Å². The fraction of sp³-hybridized carbons (Fsp3) is 0.562. The highest BCUT2D eigenvalue weighted by molar-refractivity contribution is 7.59. The van der Waals surface area contributed by atoms with Gasteiger partial charge in [0.1, 0.15) is 6.16 Å². The van der Waals surface area contributed by atoms with Crippen molar-refractivity contribution < 1.29 is 18.6 Å². The standard InChI is InChI=1S/C16H25O4P/c1-3-19-16(17)14-21(18,20-4-2)13-9-8-12-15-10-6-5-7-11-15/h5-7,10-11H,3-4,8-9,12-14H2,1-2H3. The molecule has 0 aromatic heterocycles. The Morgan fingerprint density at radius 3 is 2.43 bits per heavy atom. The molecule has 4 nitrogen and oxygen atoms in total. The van der Waals surface area contributed by atoms with E-state index < -0.39 is 13.3 Å². The molecule has 0 spiro atoms. The van der Waals surface area contributed by atoms with Gasteiger partial charge in [0.25, 0.3) is 0 Å². The van der Waals surface area contributed by atoms with Crippen LogP contribution in [0.2, 0.25) is 0 Å². The maximum atomic E-state index is 12.6. The molecule has 0 aliphatic rings. The highest BCUT2D eigenvalue weighted by Crippen LogP contribution is 2.47. The van der Waals surface area contributed by atoms with Gasteiger partial charge >= 0.3 is 5.97 Å². The second kappa shape index (κ2) is 9.75. The second-order valence-electron chi connectivity index (χ2n) is 4.86. The molecule has 1 unspecified atom stereocenters. The molecule has 0 amide bonds. The minimum Gasteiger partial charge on any atom is -0.466 e. The van der Waals surface area contributed by atoms with Gasteiger partial charge in [-0.05, 0) is 38.7 Å². The van der Waals surface area contributed by atoms with Gasteiger partial charge in [-0.3, -0.25) is 9.36 Å². The molecule has 1 rings (SSSR count). The molecule has 0 saturated carbocycles. The normalized spacial score (nSPS) is 13.6. The van der Waals surface area contributed by atoms with E-state index in [0.29, 0.717) is 19.4 Å². The Bertz CT molecular complexity index is 459. The molecule has 118 valence electrons. The van der Waals surface area contributed by atoms with Gasteiger partial charge in [0, 0.05) is 6.16 Å². The number of benzene rings is 1. The smallest absolute Gasteiger partial charge is 0.315 e. The lowest BCUT2D eigenvalue weighted by atomic mass is 10.1. The van der Waals surface area contributed by atoms with E-state index in [-0.39, 0.29) is 6.16 Å². The summed E-state index contributed by atoms with van der Waals surface area (Å²) in [5.74, 6) is -0.433. The number of ether oxygens (including phenoxy) is 1. The Kier molecular flexibility index (Phi) is 8.33. The first-order chi connectivity index (χ1) is 10.1. The third-order valence-corrected chi connectivity index (χ3v) is 5.56. The van der Waals surface area contributed by atoms with E-state index in [1.165, 1.54) is 5.56 Å². The molecule has 1 atom stereocenters. The van der Waals surface area contributed by atoms with Crippen LogP contribution >= 0.6 is 7.37 Å². The van der Waals surface area contributed by atoms with Gasteiger partial charge < -0.3 is 9.26 Å². The van der Waals surface area contributed by atoms with Crippen molar-refractivity contribution in [2.75, 3.05) is 25.5 Å². The Hall–Kier alpha value is -1.12. The fourth-order valence-electron chi connectivity index (χ4n) is 2.15. The van der Waals surface area contributed by atoms with Crippen molar-refractivity contribution in [1.82, 2.24) is 0 Å². The number of hydrogen-bond acceptors (Lipinski definition) is 4. The number of unbranched alkanes of at least 4 members (excludes halogenated alkanes) is 1. The maximum Gasteiger partial charge on any atom is 0.315 e. The lowest BCUT2D eigenvalue weighted by Crippen LogP contribution is -2.13. The van der Waals surface area contributed by atoms with E-state index in [0.717, 1.165) is 19.3 Å². The Morgan fingerprint density at radius 2 is 1.81 bits per heavy atom. The van der Waals surface area contributed by atoms with E-state index in [9.17, 15) is 9.36 Å². The van der Waals surface area contributed by atoms with Crippen molar-refractivity contribution >= 4 is 13.3 Å². The first kappa shape index (κ1) is 17.9. The number of aryl methyl sites for hydroxylation is 1. The molecule has 0 heterocycles. The molecule has 0 N–H and O–H groups in total. The van der Waals surface area contributed by atoms with E-state index >= 15 is 0 Å². The molecule has 21 heavy (non-hydrogen) atoms. The van der Waals surface area contributed by atoms with Gasteiger partial charge in [-0.1, -0.05) is 30.3 Å². The highest BCUT2D eigenvalue weighted by atomic mass is 31.2. The van der Waals surface area contributed by atoms with E-state index in [1.54, 1.807) is 13.8 Å². The molecule has 1 aromatic rings. The Morgan fingerprint density at radius 1 is 1.10 bits per heavy atom. The summed E-state index contributed by atoms with van der Waals surface area (Å²) in [4.78, 5) is 11.5. The molecule has 0 bridgehead atoms. The lowest BCUT2D eigenvalue weighted by molar-refractivity contribution is -0.140. The average molecular weight is 312 g/mol. The van der Waals surface area contributed by atoms with Crippen molar-refractivity contribution in [2.24, 2.45) is 0 Å². The first-order valence-electron chi connectivity index (χ1n) is 7.52. The van der Waals surface area contributed by atoms with E-state index in [2.05, 4.69) is 12.1 Å². The van der Waals surface area contributed by atoms with Crippen LogP contribution in [0.3, 0.4) is 0 Å². The summed E-state index contributed by atoms with van der Waals surface area (Å²) in [5, 5.41) is 0. The van der Waals surface area contributed by atoms with Crippen LogP contribution in [0.25, 0.3) is 0 Å². The molecule has 0 saturated heterocycles. The molecule has 0 aliphatic carbocycles. The van der Waals surface area contributed by atoms with Crippen LogP contribution in [0.15, 0.2) is 30.3 Å². The Labute approximate surface area is 127 Å². The predicted octanol–water partition coefficient (Wildman–Crippen LogP) is 3.89. The minimum atomic E-state index is -2.90. The molecule has 1 aromatic carbocycles. The van der Waals surface area contributed by atoms with Crippen molar-refractivity contribution in [3.8, 4) is 0 Å². The zero-order valence-electron chi connectivity index (χ0n) is 12.9. The van der Waals surface area contributed by atoms with Crippen LogP contribution in [0.5, 0.6) is 0 Å². The number of rotatable bonds is 10. The monoisotopic (exact) mass is 312 g/mol. The largest absolute Gasteiger partial charge is 0.466 e. The zero-order valence-corrected chi connectivity index (χ0v) is 13.8. The number of esters is 1. The molecule has 5 heteroatoms. The van der Waals surface area contributed by atoms with E-state index in [1.807, 2.05) is 18.2 Å². The lowest BCUT2D eigenvalue weighted by Gasteiger charge is -2.16. The molecule has 0 fully saturated rings. The molecular weight excluding hydrogens is 287 g/mol. The SMILES string of the molecule is CCOC(=O)CP(=O)(CCCCc1ccccc1)OCC. The zero-order chi connectivity index (χ0) is 15.6. The quantitative estimate of drug-likeness (QED) is 0.374. The van der Waals surface area contributed by atoms with Crippen LogP contribution in [-0.2, 0) is 25.0 Å². The van der Waals surface area contributed by atoms with Gasteiger partial charge in [-0.15, -0.1) is 0 Å². The van der Waals surface area contributed by atoms with Crippen LogP contribution in [0.1, 0.15) is 32.3 Å². The predicted molar refractivity (Wildman–Crippen MR) is 85.0 cm³/mol. The third kappa shape index (κ3) is 7.45. The molecular formula is C16H25O4P. The Balaban J connectivity index is 2.39. The van der Waals surface area contributed by atoms with Crippen molar-refractivity contribution in [3.05, 3.63) is 35.9 Å². The summed E-state index contributed by atoms with van der Waals surface area (Å²) in [6, 6.07) is 10.2. The fourth-order valence-corrected chi connectivity index (χ4v) is 4.19. The third-order valence-electron chi connectivity index (χ3n) is 3.10. The number of carbonyl (C=O) groups is 1. The van der Waals surface area contributed by atoms with Crippen LogP contribution in [0.4, 0.5) is 0 Å². The second-order valence-corrected chi connectivity index (χ2v) is 7.51. The average Bonchev–Trinajstić information content (AvgIpc) is 2.45. The van der Waals surface area contributed by atoms with Gasteiger partial charge in [-0.2, -0.15) is 0 Å². The maximum absolute atomic E-state index is 12.6. The van der Waals surface area contributed by atoms with Crippen molar-refractivity contribution in [1.29, 1.82) is 0 Å². The summed E-state index contributed by atoms with van der Waals surface area (Å²) in [6.45, 7) is 4.19. The van der Waals surface area contributed by atoms with Gasteiger partial charge in [0.15, 0.2) is 0 Å². The van der Waals surface area contributed by atoms with Gasteiger partial charge in [0.05, 0.1) is 13.2 Å². The summed E-state index contributed by atoms with van der Waals surface area (Å²) >= 11 is 0. The number of hydrogen-bond donors (Lipinski definition) is 0. The summed E-state index contributed by atoms with van der Waals surface area (Å²) in [6.07, 6.45) is 2.99. The topological polar surface area (TPSA) is 52.6 Å². The first-order valence-corrected chi connectivity index (χ1v) is 9.51. The summed E-state index contributed by atoms with van der Waals surface area (Å²) in [5.41, 5.74) is 1.27. The van der Waals surface area contributed by atoms with Gasteiger partial charge in [0.2, 0.25) is 7.37 Å². The summed E-state index contributed by atoms with van der Waals surface area (Å²) in [7, 11) is -2.90. The van der Waals surface area contributed by atoms with Crippen molar-refractivity contribution in [3.63, 3.8) is 0 Å². The van der Waals surface area contributed by atoms with E-state index in [4.69, 9.17) is 9.26 Å².